The monoisotopic (exact) mass is 240 g/mol. The van der Waals surface area contributed by atoms with Gasteiger partial charge in [-0.1, -0.05) is 12.1 Å². The lowest BCUT2D eigenvalue weighted by molar-refractivity contribution is -0.161. The third-order valence-electron chi connectivity index (χ3n) is 2.54. The van der Waals surface area contributed by atoms with E-state index in [1.54, 1.807) is 24.3 Å². The van der Waals surface area contributed by atoms with E-state index in [1.165, 1.54) is 21.1 Å². The number of carboxylic acids is 1. The Hall–Kier alpha value is -1.59. The quantitative estimate of drug-likeness (QED) is 0.765. The van der Waals surface area contributed by atoms with Crippen molar-refractivity contribution in [2.24, 2.45) is 0 Å². The molecule has 0 spiro atoms. The Morgan fingerprint density at radius 2 is 2.12 bits per heavy atom. The third-order valence-corrected chi connectivity index (χ3v) is 2.54. The molecule has 0 heterocycles. The number of methoxy groups -OCH3 is 2. The minimum absolute atomic E-state index is 0.111. The lowest BCUT2D eigenvalue weighted by Crippen LogP contribution is -2.34. The molecule has 1 aromatic carbocycles. The average Bonchev–Trinajstić information content (AvgIpc) is 2.35. The van der Waals surface area contributed by atoms with Crippen LogP contribution in [0.25, 0.3) is 0 Å². The first-order valence-electron chi connectivity index (χ1n) is 5.05. The van der Waals surface area contributed by atoms with Gasteiger partial charge in [-0.2, -0.15) is 0 Å². The first kappa shape index (κ1) is 13.5. The van der Waals surface area contributed by atoms with Gasteiger partial charge in [0, 0.05) is 14.2 Å². The lowest BCUT2D eigenvalue weighted by Gasteiger charge is -2.23. The molecule has 0 aromatic heterocycles. The summed E-state index contributed by atoms with van der Waals surface area (Å²) in [5, 5.41) is 9.16. The fourth-order valence-corrected chi connectivity index (χ4v) is 1.34. The number of aliphatic carboxylic acids is 1. The highest BCUT2D eigenvalue weighted by Gasteiger charge is 2.35. The van der Waals surface area contributed by atoms with Gasteiger partial charge >= 0.3 is 5.97 Å². The van der Waals surface area contributed by atoms with Crippen LogP contribution in [0.15, 0.2) is 24.3 Å². The van der Waals surface area contributed by atoms with Crippen molar-refractivity contribution in [3.05, 3.63) is 29.8 Å². The van der Waals surface area contributed by atoms with E-state index in [0.717, 1.165) is 0 Å². The second-order valence-electron chi connectivity index (χ2n) is 3.62. The van der Waals surface area contributed by atoms with Crippen LogP contribution >= 0.6 is 0 Å². The van der Waals surface area contributed by atoms with Crippen molar-refractivity contribution in [3.8, 4) is 5.75 Å². The first-order chi connectivity index (χ1) is 8.04. The average molecular weight is 240 g/mol. The highest BCUT2D eigenvalue weighted by atomic mass is 16.7. The second kappa shape index (κ2) is 5.65. The van der Waals surface area contributed by atoms with E-state index in [-0.39, 0.29) is 6.79 Å². The minimum Gasteiger partial charge on any atom is -0.479 e. The lowest BCUT2D eigenvalue weighted by atomic mass is 9.96. The standard InChI is InChI=1S/C12H16O5/c1-12(16-3,11(13)14)9-5-4-6-10(7-9)17-8-15-2/h4-7H,8H2,1-3H3,(H,13,14). The number of ether oxygens (including phenoxy) is 3. The smallest absolute Gasteiger partial charge is 0.340 e. The van der Waals surface area contributed by atoms with Crippen LogP contribution in [0.3, 0.4) is 0 Å². The molecule has 0 radical (unpaired) electrons. The van der Waals surface area contributed by atoms with E-state index in [2.05, 4.69) is 0 Å². The summed E-state index contributed by atoms with van der Waals surface area (Å²) in [6.45, 7) is 1.60. The van der Waals surface area contributed by atoms with Crippen molar-refractivity contribution in [2.45, 2.75) is 12.5 Å². The van der Waals surface area contributed by atoms with Crippen molar-refractivity contribution in [2.75, 3.05) is 21.0 Å². The van der Waals surface area contributed by atoms with Crippen LogP contribution in [-0.4, -0.2) is 32.1 Å². The second-order valence-corrected chi connectivity index (χ2v) is 3.62. The Morgan fingerprint density at radius 3 is 2.65 bits per heavy atom. The number of benzene rings is 1. The molecule has 0 aliphatic rings. The first-order valence-corrected chi connectivity index (χ1v) is 5.05. The number of hydrogen-bond acceptors (Lipinski definition) is 4. The summed E-state index contributed by atoms with van der Waals surface area (Å²) in [5.74, 6) is -0.516. The van der Waals surface area contributed by atoms with Gasteiger partial charge in [0.15, 0.2) is 12.4 Å². The van der Waals surface area contributed by atoms with Crippen LogP contribution in [0.5, 0.6) is 5.75 Å². The molecule has 0 bridgehead atoms. The normalized spacial score (nSPS) is 14.1. The molecule has 0 saturated carbocycles. The van der Waals surface area contributed by atoms with Gasteiger partial charge < -0.3 is 19.3 Å². The Bertz CT molecular complexity index is 390. The molecule has 1 aromatic rings. The van der Waals surface area contributed by atoms with Crippen LogP contribution in [0.4, 0.5) is 0 Å². The molecule has 1 rings (SSSR count). The fraction of sp³-hybridized carbons (Fsp3) is 0.417. The van der Waals surface area contributed by atoms with E-state index >= 15 is 0 Å². The maximum Gasteiger partial charge on any atom is 0.340 e. The molecule has 5 heteroatoms. The molecule has 1 atom stereocenters. The van der Waals surface area contributed by atoms with E-state index in [4.69, 9.17) is 19.3 Å². The summed E-state index contributed by atoms with van der Waals surface area (Å²) < 4.78 is 15.1. The zero-order valence-electron chi connectivity index (χ0n) is 10.1. The Labute approximate surface area is 99.9 Å². The molecule has 0 aliphatic carbocycles. The van der Waals surface area contributed by atoms with Gasteiger partial charge in [0.1, 0.15) is 5.75 Å². The van der Waals surface area contributed by atoms with Gasteiger partial charge in [0.05, 0.1) is 0 Å². The molecule has 0 saturated heterocycles. The van der Waals surface area contributed by atoms with Crippen molar-refractivity contribution >= 4 is 5.97 Å². The van der Waals surface area contributed by atoms with Gasteiger partial charge in [0.25, 0.3) is 0 Å². The van der Waals surface area contributed by atoms with Crippen LogP contribution in [-0.2, 0) is 19.9 Å². The van der Waals surface area contributed by atoms with Crippen LogP contribution < -0.4 is 4.74 Å². The van der Waals surface area contributed by atoms with Gasteiger partial charge in [-0.3, -0.25) is 0 Å². The van der Waals surface area contributed by atoms with E-state index in [1.807, 2.05) is 0 Å². The Kier molecular flexibility index (Phi) is 4.48. The minimum atomic E-state index is -1.38. The van der Waals surface area contributed by atoms with Crippen molar-refractivity contribution in [3.63, 3.8) is 0 Å². The van der Waals surface area contributed by atoms with Gasteiger partial charge in [-0.25, -0.2) is 4.79 Å². The summed E-state index contributed by atoms with van der Waals surface area (Å²) in [6.07, 6.45) is 0. The molecule has 17 heavy (non-hydrogen) atoms. The Balaban J connectivity index is 3.01. The molecule has 1 N–H and O–H groups in total. The summed E-state index contributed by atoms with van der Waals surface area (Å²) >= 11 is 0. The largest absolute Gasteiger partial charge is 0.479 e. The Morgan fingerprint density at radius 1 is 1.41 bits per heavy atom. The molecule has 1 unspecified atom stereocenters. The molecule has 0 fully saturated rings. The summed E-state index contributed by atoms with van der Waals surface area (Å²) in [7, 11) is 2.87. The van der Waals surface area contributed by atoms with Crippen LogP contribution in [0.2, 0.25) is 0 Å². The molecule has 5 nitrogen and oxygen atoms in total. The van der Waals surface area contributed by atoms with Crippen LogP contribution in [0, 0.1) is 0 Å². The molecular formula is C12H16O5. The maximum absolute atomic E-state index is 11.2. The van der Waals surface area contributed by atoms with Crippen molar-refractivity contribution < 1.29 is 24.1 Å². The molecular weight excluding hydrogens is 224 g/mol. The number of rotatable bonds is 6. The van der Waals surface area contributed by atoms with Crippen molar-refractivity contribution in [1.82, 2.24) is 0 Å². The topological polar surface area (TPSA) is 65.0 Å². The highest BCUT2D eigenvalue weighted by molar-refractivity contribution is 5.79. The molecule has 0 aliphatic heterocycles. The summed E-state index contributed by atoms with van der Waals surface area (Å²) in [4.78, 5) is 11.2. The fourth-order valence-electron chi connectivity index (χ4n) is 1.34. The molecule has 94 valence electrons. The zero-order chi connectivity index (χ0) is 12.9. The zero-order valence-corrected chi connectivity index (χ0v) is 10.1. The predicted molar refractivity (Wildman–Crippen MR) is 60.9 cm³/mol. The van der Waals surface area contributed by atoms with Crippen LogP contribution in [0.1, 0.15) is 12.5 Å². The SMILES string of the molecule is COCOc1cccc(C(C)(OC)C(=O)O)c1. The predicted octanol–water partition coefficient (Wildman–Crippen LogP) is 1.62. The maximum atomic E-state index is 11.2. The molecule has 0 amide bonds. The van der Waals surface area contributed by atoms with E-state index < -0.39 is 11.6 Å². The summed E-state index contributed by atoms with van der Waals surface area (Å²) in [5.41, 5.74) is -0.868. The van der Waals surface area contributed by atoms with Gasteiger partial charge in [-0.15, -0.1) is 0 Å². The number of carboxylic acid groups (broad SMARTS) is 1. The highest BCUT2D eigenvalue weighted by Crippen LogP contribution is 2.27. The van der Waals surface area contributed by atoms with E-state index in [9.17, 15) is 4.79 Å². The van der Waals surface area contributed by atoms with Gasteiger partial charge in [0.2, 0.25) is 0 Å². The van der Waals surface area contributed by atoms with Crippen molar-refractivity contribution in [1.29, 1.82) is 0 Å². The number of hydrogen-bond donors (Lipinski definition) is 1. The van der Waals surface area contributed by atoms with E-state index in [0.29, 0.717) is 11.3 Å². The number of carbonyl (C=O) groups is 1. The summed E-state index contributed by atoms with van der Waals surface area (Å²) in [6, 6.07) is 6.73. The van der Waals surface area contributed by atoms with Gasteiger partial charge in [-0.05, 0) is 24.6 Å². The third kappa shape index (κ3) is 2.95.